The molecule has 2 aromatic rings. The molecule has 8 nitrogen and oxygen atoms in total. The third-order valence-electron chi connectivity index (χ3n) is 3.99. The smallest absolute Gasteiger partial charge is 0.315 e. The largest absolute Gasteiger partial charge is 0.334 e. The predicted octanol–water partition coefficient (Wildman–Crippen LogP) is 1.09. The number of fused-ring (bicyclic) bond motifs is 1. The molecule has 124 valence electrons. The fourth-order valence-corrected chi connectivity index (χ4v) is 2.84. The molecule has 1 unspecified atom stereocenters. The minimum atomic E-state index is -0.198. The molecule has 1 atom stereocenters. The van der Waals surface area contributed by atoms with Crippen molar-refractivity contribution in [1.29, 1.82) is 0 Å². The zero-order chi connectivity index (χ0) is 16.1. The summed E-state index contributed by atoms with van der Waals surface area (Å²) in [6, 6.07) is 1.66. The van der Waals surface area contributed by atoms with Crippen molar-refractivity contribution in [3.63, 3.8) is 0 Å². The summed E-state index contributed by atoms with van der Waals surface area (Å²) in [6.07, 6.45) is 8.11. The molecule has 0 aliphatic carbocycles. The van der Waals surface area contributed by atoms with Gasteiger partial charge in [0.15, 0.2) is 5.82 Å². The third kappa shape index (κ3) is 4.08. The average molecular weight is 317 g/mol. The Balaban J connectivity index is 1.48. The Morgan fingerprint density at radius 3 is 3.09 bits per heavy atom. The molecule has 0 aromatic carbocycles. The summed E-state index contributed by atoms with van der Waals surface area (Å²) in [4.78, 5) is 12.0. The van der Waals surface area contributed by atoms with Crippen molar-refractivity contribution in [2.75, 3.05) is 0 Å². The number of urea groups is 1. The van der Waals surface area contributed by atoms with Gasteiger partial charge in [-0.2, -0.15) is 5.10 Å². The van der Waals surface area contributed by atoms with E-state index in [2.05, 4.69) is 30.5 Å². The summed E-state index contributed by atoms with van der Waals surface area (Å²) in [5.74, 6) is 1.86. The Bertz CT molecular complexity index is 634. The molecule has 0 saturated heterocycles. The van der Waals surface area contributed by atoms with Crippen LogP contribution >= 0.6 is 0 Å². The summed E-state index contributed by atoms with van der Waals surface area (Å²) in [6.45, 7) is 3.93. The summed E-state index contributed by atoms with van der Waals surface area (Å²) in [5.41, 5.74) is 0. The average Bonchev–Trinajstić information content (AvgIpc) is 3.10. The summed E-state index contributed by atoms with van der Waals surface area (Å²) in [5, 5.41) is 18.3. The summed E-state index contributed by atoms with van der Waals surface area (Å²) >= 11 is 0. The van der Waals surface area contributed by atoms with Crippen LogP contribution in [0.15, 0.2) is 18.5 Å². The molecule has 2 N–H and O–H groups in total. The summed E-state index contributed by atoms with van der Waals surface area (Å²) in [7, 11) is 0. The van der Waals surface area contributed by atoms with E-state index >= 15 is 0 Å². The fraction of sp³-hybridized carbons (Fsp3) is 0.600. The van der Waals surface area contributed by atoms with Gasteiger partial charge in [0.2, 0.25) is 0 Å². The van der Waals surface area contributed by atoms with Crippen molar-refractivity contribution >= 4 is 6.03 Å². The minimum Gasteiger partial charge on any atom is -0.334 e. The van der Waals surface area contributed by atoms with Crippen LogP contribution in [0, 0.1) is 0 Å². The van der Waals surface area contributed by atoms with Gasteiger partial charge in [0.05, 0.1) is 13.1 Å². The van der Waals surface area contributed by atoms with Crippen molar-refractivity contribution in [2.24, 2.45) is 0 Å². The number of hydrogen-bond donors (Lipinski definition) is 2. The Labute approximate surface area is 135 Å². The predicted molar refractivity (Wildman–Crippen MR) is 84.6 cm³/mol. The van der Waals surface area contributed by atoms with E-state index < -0.39 is 0 Å². The van der Waals surface area contributed by atoms with Gasteiger partial charge < -0.3 is 15.2 Å². The molecule has 1 aliphatic rings. The molecule has 2 amide bonds. The highest BCUT2D eigenvalue weighted by Gasteiger charge is 2.15. The maximum absolute atomic E-state index is 12.0. The number of carbonyl (C=O) groups is 1. The van der Waals surface area contributed by atoms with E-state index in [0.29, 0.717) is 13.1 Å². The van der Waals surface area contributed by atoms with Gasteiger partial charge in [0.25, 0.3) is 0 Å². The molecule has 0 fully saturated rings. The van der Waals surface area contributed by atoms with Gasteiger partial charge in [-0.1, -0.05) is 6.42 Å². The normalized spacial score (nSPS) is 15.5. The van der Waals surface area contributed by atoms with Crippen molar-refractivity contribution in [3.05, 3.63) is 30.1 Å². The number of rotatable bonds is 5. The van der Waals surface area contributed by atoms with Crippen LogP contribution < -0.4 is 10.6 Å². The number of amides is 2. The van der Waals surface area contributed by atoms with E-state index in [0.717, 1.165) is 37.5 Å². The van der Waals surface area contributed by atoms with Crippen LogP contribution in [0.5, 0.6) is 0 Å². The van der Waals surface area contributed by atoms with E-state index in [1.54, 1.807) is 10.9 Å². The number of carbonyl (C=O) groups excluding carboxylic acids is 1. The first kappa shape index (κ1) is 15.5. The van der Waals surface area contributed by atoms with Gasteiger partial charge in [0, 0.05) is 31.4 Å². The molecule has 3 heterocycles. The quantitative estimate of drug-likeness (QED) is 0.864. The Hall–Kier alpha value is -2.38. The summed E-state index contributed by atoms with van der Waals surface area (Å²) < 4.78 is 3.93. The lowest BCUT2D eigenvalue weighted by Gasteiger charge is -2.15. The SMILES string of the molecule is CC(Cn1cccn1)NC(=O)NCc1nnc2n1CCCCC2. The Morgan fingerprint density at radius 2 is 2.26 bits per heavy atom. The molecule has 8 heteroatoms. The van der Waals surface area contributed by atoms with Crippen molar-refractivity contribution < 1.29 is 4.79 Å². The van der Waals surface area contributed by atoms with Crippen LogP contribution in [-0.4, -0.2) is 36.6 Å². The van der Waals surface area contributed by atoms with Crippen LogP contribution in [0.25, 0.3) is 0 Å². The number of hydrogen-bond acceptors (Lipinski definition) is 4. The van der Waals surface area contributed by atoms with Gasteiger partial charge in [-0.25, -0.2) is 4.79 Å². The van der Waals surface area contributed by atoms with Crippen LogP contribution in [0.1, 0.15) is 37.8 Å². The van der Waals surface area contributed by atoms with Gasteiger partial charge in [-0.15, -0.1) is 10.2 Å². The van der Waals surface area contributed by atoms with E-state index in [4.69, 9.17) is 0 Å². The fourth-order valence-electron chi connectivity index (χ4n) is 2.84. The monoisotopic (exact) mass is 317 g/mol. The van der Waals surface area contributed by atoms with Gasteiger partial charge in [0.1, 0.15) is 5.82 Å². The van der Waals surface area contributed by atoms with E-state index in [1.165, 1.54) is 6.42 Å². The molecular formula is C15H23N7O. The number of aromatic nitrogens is 5. The maximum atomic E-state index is 12.0. The lowest BCUT2D eigenvalue weighted by atomic mass is 10.2. The van der Waals surface area contributed by atoms with E-state index in [-0.39, 0.29) is 12.1 Å². The lowest BCUT2D eigenvalue weighted by molar-refractivity contribution is 0.235. The molecular weight excluding hydrogens is 294 g/mol. The van der Waals surface area contributed by atoms with E-state index in [1.807, 2.05) is 19.2 Å². The van der Waals surface area contributed by atoms with Crippen LogP contribution in [0.2, 0.25) is 0 Å². The Kier molecular flexibility index (Phi) is 4.89. The van der Waals surface area contributed by atoms with Gasteiger partial charge >= 0.3 is 6.03 Å². The van der Waals surface area contributed by atoms with E-state index in [9.17, 15) is 4.79 Å². The van der Waals surface area contributed by atoms with Crippen molar-refractivity contribution in [2.45, 2.75) is 58.3 Å². The Morgan fingerprint density at radius 1 is 1.35 bits per heavy atom. The molecule has 0 spiro atoms. The zero-order valence-corrected chi connectivity index (χ0v) is 13.4. The number of nitrogens with one attached hydrogen (secondary N) is 2. The highest BCUT2D eigenvalue weighted by atomic mass is 16.2. The second-order valence-corrected chi connectivity index (χ2v) is 5.95. The topological polar surface area (TPSA) is 89.7 Å². The van der Waals surface area contributed by atoms with Crippen LogP contribution in [-0.2, 0) is 26.1 Å². The second kappa shape index (κ2) is 7.26. The first-order chi connectivity index (χ1) is 11.2. The molecule has 0 saturated carbocycles. The highest BCUT2D eigenvalue weighted by molar-refractivity contribution is 5.74. The van der Waals surface area contributed by atoms with Crippen molar-refractivity contribution in [1.82, 2.24) is 35.2 Å². The van der Waals surface area contributed by atoms with Crippen LogP contribution in [0.3, 0.4) is 0 Å². The molecule has 23 heavy (non-hydrogen) atoms. The molecule has 3 rings (SSSR count). The third-order valence-corrected chi connectivity index (χ3v) is 3.99. The first-order valence-corrected chi connectivity index (χ1v) is 8.15. The van der Waals surface area contributed by atoms with Gasteiger partial charge in [-0.3, -0.25) is 4.68 Å². The van der Waals surface area contributed by atoms with Gasteiger partial charge in [-0.05, 0) is 25.8 Å². The number of aryl methyl sites for hydroxylation is 1. The van der Waals surface area contributed by atoms with Crippen molar-refractivity contribution in [3.8, 4) is 0 Å². The van der Waals surface area contributed by atoms with Crippen LogP contribution in [0.4, 0.5) is 4.79 Å². The second-order valence-electron chi connectivity index (χ2n) is 5.95. The first-order valence-electron chi connectivity index (χ1n) is 8.15. The molecule has 0 radical (unpaired) electrons. The molecule has 1 aliphatic heterocycles. The highest BCUT2D eigenvalue weighted by Crippen LogP contribution is 2.14. The number of nitrogens with zero attached hydrogens (tertiary/aromatic N) is 5. The molecule has 2 aromatic heterocycles. The zero-order valence-electron chi connectivity index (χ0n) is 13.4. The standard InChI is InChI=1S/C15H23N7O/c1-12(11-21-8-5-7-17-21)18-15(23)16-10-14-20-19-13-6-3-2-4-9-22(13)14/h5,7-8,12H,2-4,6,9-11H2,1H3,(H2,16,18,23). The maximum Gasteiger partial charge on any atom is 0.315 e. The minimum absolute atomic E-state index is 0.00888. The molecule has 0 bridgehead atoms. The lowest BCUT2D eigenvalue weighted by Crippen LogP contribution is -2.42.